The molecule has 0 aliphatic heterocycles. The van der Waals surface area contributed by atoms with Gasteiger partial charge in [-0.15, -0.1) is 11.8 Å². The normalized spacial score (nSPS) is 11.7. The maximum atomic E-state index is 11.6. The monoisotopic (exact) mass is 317 g/mol. The highest BCUT2D eigenvalue weighted by molar-refractivity contribution is 8.00. The molecule has 0 aromatic heterocycles. The predicted molar refractivity (Wildman–Crippen MR) is 74.0 cm³/mol. The fourth-order valence-electron chi connectivity index (χ4n) is 1.29. The van der Waals surface area contributed by atoms with E-state index in [0.717, 1.165) is 4.90 Å². The van der Waals surface area contributed by atoms with Crippen molar-refractivity contribution in [1.29, 1.82) is 0 Å². The van der Waals surface area contributed by atoms with Gasteiger partial charge in [0, 0.05) is 9.92 Å². The first-order valence-electron chi connectivity index (χ1n) is 5.51. The number of hydrogen-bond acceptors (Lipinski definition) is 4. The van der Waals surface area contributed by atoms with Crippen molar-refractivity contribution in [3.63, 3.8) is 0 Å². The Hall–Kier alpha value is -1.73. The van der Waals surface area contributed by atoms with Crippen molar-refractivity contribution in [2.24, 2.45) is 0 Å². The number of thioether (sulfide) groups is 1. The molecule has 0 bridgehead atoms. The molecular formula is C12H12ClNO5S. The van der Waals surface area contributed by atoms with Crippen LogP contribution in [0, 0.1) is 0 Å². The van der Waals surface area contributed by atoms with E-state index in [0.29, 0.717) is 5.02 Å². The van der Waals surface area contributed by atoms with Gasteiger partial charge in [-0.1, -0.05) is 11.6 Å². The molecule has 8 heteroatoms. The van der Waals surface area contributed by atoms with Crippen LogP contribution in [0.5, 0.6) is 0 Å². The summed E-state index contributed by atoms with van der Waals surface area (Å²) in [6, 6.07) is 5.38. The zero-order valence-corrected chi connectivity index (χ0v) is 11.8. The average Bonchev–Trinajstić information content (AvgIpc) is 2.36. The second-order valence-corrected chi connectivity index (χ2v) is 5.28. The summed E-state index contributed by atoms with van der Waals surface area (Å²) < 4.78 is 0. The summed E-state index contributed by atoms with van der Waals surface area (Å²) in [5, 5.41) is 20.1. The highest BCUT2D eigenvalue weighted by atomic mass is 35.5. The van der Waals surface area contributed by atoms with Crippen molar-refractivity contribution >= 4 is 41.2 Å². The van der Waals surface area contributed by atoms with Crippen molar-refractivity contribution in [2.75, 3.05) is 5.75 Å². The van der Waals surface area contributed by atoms with Gasteiger partial charge in [0.25, 0.3) is 0 Å². The van der Waals surface area contributed by atoms with Crippen LogP contribution in [0.4, 0.5) is 0 Å². The van der Waals surface area contributed by atoms with Gasteiger partial charge in [0.05, 0.1) is 12.2 Å². The van der Waals surface area contributed by atoms with E-state index in [1.807, 2.05) is 0 Å². The van der Waals surface area contributed by atoms with Crippen LogP contribution in [0.15, 0.2) is 29.2 Å². The van der Waals surface area contributed by atoms with E-state index in [2.05, 4.69) is 5.32 Å². The summed E-state index contributed by atoms with van der Waals surface area (Å²) in [6.45, 7) is 0. The highest BCUT2D eigenvalue weighted by Crippen LogP contribution is 2.19. The van der Waals surface area contributed by atoms with Gasteiger partial charge in [0.1, 0.15) is 6.04 Å². The average molecular weight is 318 g/mol. The first kappa shape index (κ1) is 16.3. The zero-order valence-electron chi connectivity index (χ0n) is 10.2. The van der Waals surface area contributed by atoms with Crippen LogP contribution in [0.1, 0.15) is 6.42 Å². The predicted octanol–water partition coefficient (Wildman–Crippen LogP) is 1.48. The third-order valence-electron chi connectivity index (χ3n) is 2.20. The SMILES string of the molecule is O=C(O)C[C@H](NC(=O)CSc1ccc(Cl)cc1)C(=O)O. The van der Waals surface area contributed by atoms with E-state index >= 15 is 0 Å². The molecule has 0 aliphatic rings. The molecule has 1 aromatic rings. The van der Waals surface area contributed by atoms with Crippen molar-refractivity contribution in [2.45, 2.75) is 17.4 Å². The third kappa shape index (κ3) is 5.94. The molecule has 0 fully saturated rings. The summed E-state index contributed by atoms with van der Waals surface area (Å²) >= 11 is 6.92. The molecule has 0 spiro atoms. The molecule has 0 unspecified atom stereocenters. The Kier molecular flexibility index (Phi) is 6.33. The lowest BCUT2D eigenvalue weighted by Gasteiger charge is -2.12. The maximum Gasteiger partial charge on any atom is 0.326 e. The van der Waals surface area contributed by atoms with Crippen LogP contribution >= 0.6 is 23.4 Å². The van der Waals surface area contributed by atoms with Gasteiger partial charge in [0.15, 0.2) is 0 Å². The van der Waals surface area contributed by atoms with Crippen LogP contribution in [0.2, 0.25) is 5.02 Å². The van der Waals surface area contributed by atoms with Gasteiger partial charge in [-0.3, -0.25) is 9.59 Å². The molecule has 0 aliphatic carbocycles. The van der Waals surface area contributed by atoms with Crippen LogP contribution in [-0.4, -0.2) is 39.9 Å². The molecular weight excluding hydrogens is 306 g/mol. The van der Waals surface area contributed by atoms with Gasteiger partial charge >= 0.3 is 11.9 Å². The van der Waals surface area contributed by atoms with Crippen molar-refractivity contribution in [1.82, 2.24) is 5.32 Å². The number of carboxylic acid groups (broad SMARTS) is 2. The quantitative estimate of drug-likeness (QED) is 0.658. The van der Waals surface area contributed by atoms with Crippen LogP contribution in [0.25, 0.3) is 0 Å². The molecule has 0 saturated carbocycles. The lowest BCUT2D eigenvalue weighted by molar-refractivity contribution is -0.147. The highest BCUT2D eigenvalue weighted by Gasteiger charge is 2.22. The third-order valence-corrected chi connectivity index (χ3v) is 3.46. The second kappa shape index (κ2) is 7.76. The Bertz CT molecular complexity index is 505. The number of hydrogen-bond donors (Lipinski definition) is 3. The van der Waals surface area contributed by atoms with Gasteiger partial charge in [-0.25, -0.2) is 4.79 Å². The van der Waals surface area contributed by atoms with Crippen LogP contribution in [0.3, 0.4) is 0 Å². The number of nitrogens with one attached hydrogen (secondary N) is 1. The smallest absolute Gasteiger partial charge is 0.326 e. The van der Waals surface area contributed by atoms with Gasteiger partial charge in [-0.05, 0) is 24.3 Å². The Balaban J connectivity index is 2.47. The largest absolute Gasteiger partial charge is 0.481 e. The zero-order chi connectivity index (χ0) is 15.1. The summed E-state index contributed by atoms with van der Waals surface area (Å²) in [5.41, 5.74) is 0. The van der Waals surface area contributed by atoms with Gasteiger partial charge in [-0.2, -0.15) is 0 Å². The Morgan fingerprint density at radius 3 is 2.30 bits per heavy atom. The minimum absolute atomic E-state index is 0.00890. The Morgan fingerprint density at radius 2 is 1.80 bits per heavy atom. The number of carboxylic acids is 2. The van der Waals surface area contributed by atoms with Gasteiger partial charge < -0.3 is 15.5 Å². The Morgan fingerprint density at radius 1 is 1.20 bits per heavy atom. The Labute approximate surface area is 124 Å². The maximum absolute atomic E-state index is 11.6. The first-order chi connectivity index (χ1) is 9.38. The molecule has 6 nitrogen and oxygen atoms in total. The minimum Gasteiger partial charge on any atom is -0.481 e. The van der Waals surface area contributed by atoms with E-state index in [4.69, 9.17) is 21.8 Å². The number of amides is 1. The molecule has 0 heterocycles. The molecule has 1 aromatic carbocycles. The molecule has 1 rings (SSSR count). The van der Waals surface area contributed by atoms with E-state index in [-0.39, 0.29) is 5.75 Å². The fourth-order valence-corrected chi connectivity index (χ4v) is 2.13. The lowest BCUT2D eigenvalue weighted by atomic mass is 10.2. The second-order valence-electron chi connectivity index (χ2n) is 3.80. The van der Waals surface area contributed by atoms with E-state index < -0.39 is 30.3 Å². The molecule has 0 radical (unpaired) electrons. The number of rotatable bonds is 7. The number of halogens is 1. The van der Waals surface area contributed by atoms with Crippen molar-refractivity contribution in [3.05, 3.63) is 29.3 Å². The van der Waals surface area contributed by atoms with Crippen LogP contribution < -0.4 is 5.32 Å². The van der Waals surface area contributed by atoms with Gasteiger partial charge in [0.2, 0.25) is 5.91 Å². The number of aliphatic carboxylic acids is 2. The fraction of sp³-hybridized carbons (Fsp3) is 0.250. The van der Waals surface area contributed by atoms with E-state index in [1.54, 1.807) is 24.3 Å². The number of benzene rings is 1. The standard InChI is InChI=1S/C12H12ClNO5S/c13-7-1-3-8(4-2-7)20-6-10(15)14-9(12(18)19)5-11(16)17/h1-4,9H,5-6H2,(H,14,15)(H,16,17)(H,18,19)/t9-/m0/s1. The molecule has 20 heavy (non-hydrogen) atoms. The number of carbonyl (C=O) groups excluding carboxylic acids is 1. The summed E-state index contributed by atoms with van der Waals surface area (Å²) in [4.78, 5) is 33.6. The van der Waals surface area contributed by atoms with Crippen LogP contribution in [-0.2, 0) is 14.4 Å². The van der Waals surface area contributed by atoms with Crippen molar-refractivity contribution in [3.8, 4) is 0 Å². The number of carbonyl (C=O) groups is 3. The summed E-state index contributed by atoms with van der Waals surface area (Å²) in [5.74, 6) is -3.22. The summed E-state index contributed by atoms with van der Waals surface area (Å²) in [6.07, 6.45) is -0.660. The molecule has 3 N–H and O–H groups in total. The lowest BCUT2D eigenvalue weighted by Crippen LogP contribution is -2.43. The molecule has 1 amide bonds. The topological polar surface area (TPSA) is 104 Å². The molecule has 1 atom stereocenters. The van der Waals surface area contributed by atoms with E-state index in [1.165, 1.54) is 11.8 Å². The first-order valence-corrected chi connectivity index (χ1v) is 6.87. The molecule has 108 valence electrons. The molecule has 0 saturated heterocycles. The van der Waals surface area contributed by atoms with Crippen molar-refractivity contribution < 1.29 is 24.6 Å². The summed E-state index contributed by atoms with van der Waals surface area (Å²) in [7, 11) is 0. The van der Waals surface area contributed by atoms with E-state index in [9.17, 15) is 14.4 Å². The minimum atomic E-state index is -1.43.